The van der Waals surface area contributed by atoms with Crippen LogP contribution in [0.25, 0.3) is 11.4 Å². The summed E-state index contributed by atoms with van der Waals surface area (Å²) in [7, 11) is 0. The predicted octanol–water partition coefficient (Wildman–Crippen LogP) is 6.63. The first-order valence-corrected chi connectivity index (χ1v) is 11.0. The van der Waals surface area contributed by atoms with Gasteiger partial charge in [0.25, 0.3) is 0 Å². The number of aryl methyl sites for hydroxylation is 3. The van der Waals surface area contributed by atoms with Crippen LogP contribution in [0.4, 0.5) is 13.2 Å². The second kappa shape index (κ2) is 11.6. The maximum Gasteiger partial charge on any atom is 0.431 e. The van der Waals surface area contributed by atoms with E-state index in [0.717, 1.165) is 17.3 Å². The minimum atomic E-state index is -4.46. The molecule has 8 heteroatoms. The summed E-state index contributed by atoms with van der Waals surface area (Å²) in [4.78, 5) is 8.45. The molecule has 2 aromatic heterocycles. The van der Waals surface area contributed by atoms with Crippen molar-refractivity contribution in [3.63, 3.8) is 0 Å². The Morgan fingerprint density at radius 1 is 0.944 bits per heavy atom. The van der Waals surface area contributed by atoms with Crippen molar-refractivity contribution in [3.8, 4) is 11.4 Å². The molecule has 187 valence electrons. The van der Waals surface area contributed by atoms with Gasteiger partial charge in [-0.1, -0.05) is 35.5 Å². The predicted molar refractivity (Wildman–Crippen MR) is 130 cm³/mol. The third kappa shape index (κ3) is 6.25. The molecule has 0 saturated carbocycles. The zero-order valence-corrected chi connectivity index (χ0v) is 22.2. The Kier molecular flexibility index (Phi) is 8.77. The maximum absolute atomic E-state index is 12.2. The van der Waals surface area contributed by atoms with Crippen molar-refractivity contribution in [2.45, 2.75) is 32.9 Å². The van der Waals surface area contributed by atoms with Crippen molar-refractivity contribution >= 4 is 5.71 Å². The van der Waals surface area contributed by atoms with Crippen LogP contribution in [0.5, 0.6) is 0 Å². The third-order valence-corrected chi connectivity index (χ3v) is 5.58. The van der Waals surface area contributed by atoms with Gasteiger partial charge in [0.1, 0.15) is 5.69 Å². The number of nitrogens with zero attached hydrogens (tertiary/aromatic N) is 4. The van der Waals surface area contributed by atoms with Crippen molar-refractivity contribution < 1.29 is 33.3 Å². The van der Waals surface area contributed by atoms with Crippen molar-refractivity contribution in [3.05, 3.63) is 119 Å². The summed E-state index contributed by atoms with van der Waals surface area (Å²) in [5.41, 5.74) is 7.05. The van der Waals surface area contributed by atoms with E-state index in [9.17, 15) is 13.2 Å². The van der Waals surface area contributed by atoms with Crippen molar-refractivity contribution in [1.29, 1.82) is 0 Å². The molecule has 0 fully saturated rings. The molecule has 0 spiro atoms. The van der Waals surface area contributed by atoms with E-state index >= 15 is 0 Å². The number of pyridine rings is 1. The summed E-state index contributed by atoms with van der Waals surface area (Å²) < 4.78 is 36.6. The summed E-state index contributed by atoms with van der Waals surface area (Å²) in [5.74, 6) is 0.245. The SMILES string of the molecule is Cc1cc(C)c(C2C=CN=C2c2[c-]cccc2)c(C)c1.FC(F)(F)c1cc(-c2ccccn2)[n-]n1.[Ir]. The van der Waals surface area contributed by atoms with Gasteiger partial charge in [0.2, 0.25) is 0 Å². The Hall–Kier alpha value is -3.35. The van der Waals surface area contributed by atoms with Gasteiger partial charge in [-0.15, -0.1) is 35.9 Å². The van der Waals surface area contributed by atoms with Gasteiger partial charge in [0.15, 0.2) is 0 Å². The van der Waals surface area contributed by atoms with Crippen LogP contribution in [0.2, 0.25) is 0 Å². The second-order valence-electron chi connectivity index (χ2n) is 8.25. The van der Waals surface area contributed by atoms with Crippen molar-refractivity contribution in [1.82, 2.24) is 15.2 Å². The smallest absolute Gasteiger partial charge is 0.431 e. The number of allylic oxidation sites excluding steroid dienone is 1. The van der Waals surface area contributed by atoms with E-state index in [1.165, 1.54) is 28.5 Å². The van der Waals surface area contributed by atoms with Gasteiger partial charge in [-0.25, -0.2) is 0 Å². The summed E-state index contributed by atoms with van der Waals surface area (Å²) in [6.07, 6.45) is 1.12. The van der Waals surface area contributed by atoms with Crippen molar-refractivity contribution in [2.24, 2.45) is 4.99 Å². The van der Waals surface area contributed by atoms with E-state index in [-0.39, 0.29) is 31.7 Å². The molecular formula is C28H23F3IrN4-2. The van der Waals surface area contributed by atoms with Gasteiger partial charge in [0, 0.05) is 44.1 Å². The quantitative estimate of drug-likeness (QED) is 0.231. The largest absolute Gasteiger partial charge is 0.573 e. The van der Waals surface area contributed by atoms with Crippen LogP contribution in [0, 0.1) is 26.8 Å². The van der Waals surface area contributed by atoms with Crippen LogP contribution < -0.4 is 5.10 Å². The van der Waals surface area contributed by atoms with E-state index in [2.05, 4.69) is 71.3 Å². The molecule has 1 aliphatic heterocycles. The molecule has 0 amide bonds. The molecule has 0 aliphatic carbocycles. The van der Waals surface area contributed by atoms with Gasteiger partial charge < -0.3 is 15.2 Å². The van der Waals surface area contributed by atoms with E-state index < -0.39 is 11.9 Å². The first-order chi connectivity index (χ1) is 16.7. The van der Waals surface area contributed by atoms with E-state index in [4.69, 9.17) is 0 Å². The first-order valence-electron chi connectivity index (χ1n) is 11.0. The van der Waals surface area contributed by atoms with Crippen LogP contribution in [0.15, 0.2) is 84.1 Å². The molecule has 1 unspecified atom stereocenters. The third-order valence-electron chi connectivity index (χ3n) is 5.58. The zero-order chi connectivity index (χ0) is 25.0. The van der Waals surface area contributed by atoms with Gasteiger partial charge in [-0.05, 0) is 61.4 Å². The van der Waals surface area contributed by atoms with Gasteiger partial charge in [-0.3, -0.25) is 4.98 Å². The molecule has 0 bridgehead atoms. The Morgan fingerprint density at radius 3 is 2.25 bits per heavy atom. The molecule has 3 heterocycles. The summed E-state index contributed by atoms with van der Waals surface area (Å²) in [5, 5.41) is 6.47. The number of aromatic nitrogens is 3. The number of hydrogen-bond acceptors (Lipinski definition) is 3. The molecule has 0 saturated heterocycles. The molecule has 36 heavy (non-hydrogen) atoms. The Bertz CT molecular complexity index is 1340. The Balaban J connectivity index is 0.000000203. The summed E-state index contributed by atoms with van der Waals surface area (Å²) in [6.45, 7) is 6.52. The van der Waals surface area contributed by atoms with Gasteiger partial charge in [0.05, 0.1) is 0 Å². The number of benzene rings is 2. The molecule has 1 atom stereocenters. The minimum Gasteiger partial charge on any atom is -0.573 e. The van der Waals surface area contributed by atoms with E-state index in [0.29, 0.717) is 5.69 Å². The van der Waals surface area contributed by atoms with E-state index in [1.807, 2.05) is 24.4 Å². The minimum absolute atomic E-state index is 0. The van der Waals surface area contributed by atoms with Crippen LogP contribution >= 0.6 is 0 Å². The molecular weight excluding hydrogens is 642 g/mol. The topological polar surface area (TPSA) is 52.2 Å². The molecule has 5 rings (SSSR count). The van der Waals surface area contributed by atoms with Crippen LogP contribution in [0.1, 0.15) is 39.4 Å². The molecule has 4 nitrogen and oxygen atoms in total. The number of hydrogen-bond donors (Lipinski definition) is 0. The monoisotopic (exact) mass is 665 g/mol. The number of aliphatic imine (C=N–C) groups is 1. The maximum atomic E-state index is 12.2. The van der Waals surface area contributed by atoms with Crippen LogP contribution in [-0.2, 0) is 26.3 Å². The fourth-order valence-corrected chi connectivity index (χ4v) is 4.16. The first kappa shape index (κ1) is 27.2. The number of halogens is 3. The van der Waals surface area contributed by atoms with Crippen molar-refractivity contribution in [2.75, 3.05) is 0 Å². The Morgan fingerprint density at radius 2 is 1.67 bits per heavy atom. The fourth-order valence-electron chi connectivity index (χ4n) is 4.16. The van der Waals surface area contributed by atoms with Gasteiger partial charge in [-0.2, -0.15) is 13.2 Å². The fraction of sp³-hybridized carbons (Fsp3) is 0.179. The van der Waals surface area contributed by atoms with Gasteiger partial charge >= 0.3 is 6.18 Å². The molecule has 0 N–H and O–H groups in total. The molecule has 1 radical (unpaired) electrons. The summed E-state index contributed by atoms with van der Waals surface area (Å²) in [6, 6.07) is 21.6. The number of rotatable bonds is 3. The Labute approximate surface area is 221 Å². The molecule has 4 aromatic rings. The standard InChI is InChI=1S/C19H18N.C9H5F3N3.Ir/c1-13-11-14(2)18(15(3)12-13)17-9-10-20-19(17)16-7-5-4-6-8-16;10-9(11,12)8-5-7(14-15-8)6-3-1-2-4-13-6;/h4-7,9-12,17H,1-3H3;1-5H;/q2*-1;. The zero-order valence-electron chi connectivity index (χ0n) is 19.8. The molecule has 2 aromatic carbocycles. The van der Waals surface area contributed by atoms with E-state index in [1.54, 1.807) is 18.2 Å². The van der Waals surface area contributed by atoms with Crippen LogP contribution in [-0.4, -0.2) is 15.8 Å². The van der Waals surface area contributed by atoms with Crippen LogP contribution in [0.3, 0.4) is 0 Å². The normalized spacial score (nSPS) is 14.5. The second-order valence-corrected chi connectivity index (χ2v) is 8.25. The molecule has 1 aliphatic rings. The summed E-state index contributed by atoms with van der Waals surface area (Å²) >= 11 is 0. The average molecular weight is 665 g/mol. The average Bonchev–Trinajstić information content (AvgIpc) is 3.51. The number of alkyl halides is 3.